The second kappa shape index (κ2) is 6.11. The smallest absolute Gasteiger partial charge is 0.317 e. The average Bonchev–Trinajstić information content (AvgIpc) is 2.77. The van der Waals surface area contributed by atoms with Gasteiger partial charge in [0, 0.05) is 26.7 Å². The van der Waals surface area contributed by atoms with Gasteiger partial charge in [-0.05, 0) is 19.8 Å². The topological polar surface area (TPSA) is 98.7 Å². The summed E-state index contributed by atoms with van der Waals surface area (Å²) in [4.78, 5) is 36.1. The Balaban J connectivity index is 2.53. The van der Waals surface area contributed by atoms with E-state index in [1.165, 1.54) is 4.90 Å². The molecular weight excluding hydrogens is 262 g/mol. The molecule has 114 valence electrons. The molecule has 0 aromatic heterocycles. The lowest BCUT2D eigenvalue weighted by atomic mass is 9.92. The number of aliphatic carboxylic acids is 1. The number of urea groups is 1. The molecule has 1 heterocycles. The Kier molecular flexibility index (Phi) is 4.97. The Morgan fingerprint density at radius 3 is 2.35 bits per heavy atom. The molecule has 7 heteroatoms. The van der Waals surface area contributed by atoms with Gasteiger partial charge in [0.15, 0.2) is 0 Å². The Morgan fingerprint density at radius 2 is 1.90 bits per heavy atom. The van der Waals surface area contributed by atoms with E-state index in [-0.39, 0.29) is 30.9 Å². The van der Waals surface area contributed by atoms with E-state index in [2.05, 4.69) is 10.6 Å². The molecule has 0 unspecified atom stereocenters. The largest absolute Gasteiger partial charge is 0.481 e. The molecule has 0 saturated carbocycles. The first kappa shape index (κ1) is 16.3. The van der Waals surface area contributed by atoms with Crippen molar-refractivity contribution in [2.75, 3.05) is 26.7 Å². The van der Waals surface area contributed by atoms with Crippen LogP contribution in [-0.2, 0) is 9.59 Å². The van der Waals surface area contributed by atoms with Crippen LogP contribution in [0.4, 0.5) is 4.79 Å². The maximum absolute atomic E-state index is 12.0. The molecule has 0 bridgehead atoms. The normalized spacial score (nSPS) is 22.5. The van der Waals surface area contributed by atoms with E-state index in [0.29, 0.717) is 6.54 Å². The fourth-order valence-corrected chi connectivity index (χ4v) is 2.28. The number of likely N-dealkylation sites (tertiary alicyclic amines) is 1. The van der Waals surface area contributed by atoms with Gasteiger partial charge >= 0.3 is 12.0 Å². The lowest BCUT2D eigenvalue weighted by Gasteiger charge is -2.25. The molecule has 7 nitrogen and oxygen atoms in total. The van der Waals surface area contributed by atoms with Crippen molar-refractivity contribution < 1.29 is 19.5 Å². The van der Waals surface area contributed by atoms with E-state index >= 15 is 0 Å². The van der Waals surface area contributed by atoms with Gasteiger partial charge in [-0.3, -0.25) is 9.59 Å². The zero-order valence-electron chi connectivity index (χ0n) is 12.4. The monoisotopic (exact) mass is 285 g/mol. The number of carbonyl (C=O) groups is 3. The number of carboxylic acid groups (broad SMARTS) is 1. The molecule has 0 radical (unpaired) electrons. The zero-order chi connectivity index (χ0) is 15.5. The van der Waals surface area contributed by atoms with E-state index in [9.17, 15) is 14.4 Å². The van der Waals surface area contributed by atoms with Crippen LogP contribution >= 0.6 is 0 Å². The molecular formula is C13H23N3O4. The summed E-state index contributed by atoms with van der Waals surface area (Å²) in [6.07, 6.45) is 0. The molecule has 1 aliphatic heterocycles. The maximum Gasteiger partial charge on any atom is 0.317 e. The first-order valence-corrected chi connectivity index (χ1v) is 6.67. The van der Waals surface area contributed by atoms with Gasteiger partial charge in [-0.1, -0.05) is 6.92 Å². The molecule has 0 aliphatic carbocycles. The number of hydrogen-bond donors (Lipinski definition) is 3. The highest BCUT2D eigenvalue weighted by molar-refractivity contribution is 5.83. The number of carboxylic acids is 1. The van der Waals surface area contributed by atoms with Crippen LogP contribution in [-0.4, -0.2) is 54.6 Å². The van der Waals surface area contributed by atoms with Crippen molar-refractivity contribution in [2.24, 2.45) is 17.3 Å². The Bertz CT molecular complexity index is 408. The van der Waals surface area contributed by atoms with Crippen molar-refractivity contribution in [3.63, 3.8) is 0 Å². The van der Waals surface area contributed by atoms with Crippen molar-refractivity contribution in [3.8, 4) is 0 Å². The SMILES string of the molecule is CNC(=O)C(C)(C)CNC(=O)N1C[C@@H](C)[C@H](C(=O)O)C1. The lowest BCUT2D eigenvalue weighted by Crippen LogP contribution is -2.47. The summed E-state index contributed by atoms with van der Waals surface area (Å²) in [7, 11) is 1.55. The second-order valence-electron chi connectivity index (χ2n) is 5.95. The second-order valence-corrected chi connectivity index (χ2v) is 5.95. The van der Waals surface area contributed by atoms with Gasteiger partial charge in [0.25, 0.3) is 0 Å². The van der Waals surface area contributed by atoms with Gasteiger partial charge in [0.2, 0.25) is 5.91 Å². The van der Waals surface area contributed by atoms with Crippen molar-refractivity contribution in [1.29, 1.82) is 0 Å². The van der Waals surface area contributed by atoms with Gasteiger partial charge in [0.05, 0.1) is 11.3 Å². The molecule has 3 amide bonds. The van der Waals surface area contributed by atoms with E-state index in [1.807, 2.05) is 6.92 Å². The summed E-state index contributed by atoms with van der Waals surface area (Å²) < 4.78 is 0. The van der Waals surface area contributed by atoms with Gasteiger partial charge in [-0.25, -0.2) is 4.79 Å². The van der Waals surface area contributed by atoms with Crippen LogP contribution in [0, 0.1) is 17.3 Å². The zero-order valence-corrected chi connectivity index (χ0v) is 12.4. The fourth-order valence-electron chi connectivity index (χ4n) is 2.28. The highest BCUT2D eigenvalue weighted by Crippen LogP contribution is 2.23. The summed E-state index contributed by atoms with van der Waals surface area (Å²) in [6, 6.07) is -0.322. The Labute approximate surface area is 118 Å². The highest BCUT2D eigenvalue weighted by atomic mass is 16.4. The third-order valence-corrected chi connectivity index (χ3v) is 3.74. The third kappa shape index (κ3) is 3.61. The molecule has 2 atom stereocenters. The number of carbonyl (C=O) groups excluding carboxylic acids is 2. The molecule has 0 spiro atoms. The van der Waals surface area contributed by atoms with Crippen LogP contribution in [0.15, 0.2) is 0 Å². The van der Waals surface area contributed by atoms with Crippen LogP contribution in [0.1, 0.15) is 20.8 Å². The van der Waals surface area contributed by atoms with Crippen LogP contribution in [0.2, 0.25) is 0 Å². The third-order valence-electron chi connectivity index (χ3n) is 3.74. The Morgan fingerprint density at radius 1 is 1.30 bits per heavy atom. The van der Waals surface area contributed by atoms with Crippen molar-refractivity contribution in [2.45, 2.75) is 20.8 Å². The predicted octanol–water partition coefficient (Wildman–Crippen LogP) is 0.121. The van der Waals surface area contributed by atoms with Crippen molar-refractivity contribution in [3.05, 3.63) is 0 Å². The van der Waals surface area contributed by atoms with Crippen LogP contribution in [0.3, 0.4) is 0 Å². The molecule has 0 aromatic rings. The lowest BCUT2D eigenvalue weighted by molar-refractivity contribution is -0.142. The standard InChI is InChI=1S/C13H23N3O4/c1-8-5-16(6-9(8)10(17)18)12(20)15-7-13(2,3)11(19)14-4/h8-9H,5-7H2,1-4H3,(H,14,19)(H,15,20)(H,17,18)/t8-,9-/m1/s1. The fraction of sp³-hybridized carbons (Fsp3) is 0.769. The summed E-state index contributed by atoms with van der Waals surface area (Å²) in [5.74, 6) is -1.62. The quantitative estimate of drug-likeness (QED) is 0.683. The van der Waals surface area contributed by atoms with E-state index in [1.54, 1.807) is 20.9 Å². The minimum Gasteiger partial charge on any atom is -0.481 e. The van der Waals surface area contributed by atoms with Crippen LogP contribution < -0.4 is 10.6 Å². The van der Waals surface area contributed by atoms with Crippen LogP contribution in [0.5, 0.6) is 0 Å². The molecule has 0 aromatic carbocycles. The average molecular weight is 285 g/mol. The minimum atomic E-state index is -0.876. The maximum atomic E-state index is 12.0. The predicted molar refractivity (Wildman–Crippen MR) is 73.1 cm³/mol. The number of amides is 3. The molecule has 3 N–H and O–H groups in total. The van der Waals surface area contributed by atoms with E-state index in [4.69, 9.17) is 5.11 Å². The molecule has 1 fully saturated rings. The molecule has 1 aliphatic rings. The molecule has 1 saturated heterocycles. The summed E-state index contributed by atoms with van der Waals surface area (Å²) >= 11 is 0. The minimum absolute atomic E-state index is 0.0646. The van der Waals surface area contributed by atoms with Crippen molar-refractivity contribution in [1.82, 2.24) is 15.5 Å². The van der Waals surface area contributed by atoms with E-state index < -0.39 is 17.3 Å². The summed E-state index contributed by atoms with van der Waals surface area (Å²) in [5, 5.41) is 14.3. The first-order chi connectivity index (χ1) is 9.19. The number of nitrogens with zero attached hydrogens (tertiary/aromatic N) is 1. The number of rotatable bonds is 4. The van der Waals surface area contributed by atoms with Gasteiger partial charge in [-0.2, -0.15) is 0 Å². The van der Waals surface area contributed by atoms with Gasteiger partial charge < -0.3 is 20.6 Å². The van der Waals surface area contributed by atoms with Gasteiger partial charge in [-0.15, -0.1) is 0 Å². The van der Waals surface area contributed by atoms with E-state index in [0.717, 1.165) is 0 Å². The van der Waals surface area contributed by atoms with Crippen LogP contribution in [0.25, 0.3) is 0 Å². The number of nitrogens with one attached hydrogen (secondary N) is 2. The Hall–Kier alpha value is -1.79. The highest BCUT2D eigenvalue weighted by Gasteiger charge is 2.37. The summed E-state index contributed by atoms with van der Waals surface area (Å²) in [5.41, 5.74) is -0.706. The molecule has 1 rings (SSSR count). The summed E-state index contributed by atoms with van der Waals surface area (Å²) in [6.45, 7) is 6.12. The first-order valence-electron chi connectivity index (χ1n) is 6.67. The van der Waals surface area contributed by atoms with Crippen molar-refractivity contribution >= 4 is 17.9 Å². The van der Waals surface area contributed by atoms with Gasteiger partial charge in [0.1, 0.15) is 0 Å². The molecule has 20 heavy (non-hydrogen) atoms. The number of hydrogen-bond acceptors (Lipinski definition) is 3.